The second-order valence-electron chi connectivity index (χ2n) is 6.15. The minimum absolute atomic E-state index is 0.100. The molecule has 0 aliphatic rings. The molecule has 0 aliphatic heterocycles. The van der Waals surface area contributed by atoms with E-state index in [0.717, 1.165) is 12.0 Å². The summed E-state index contributed by atoms with van der Waals surface area (Å²) >= 11 is 0. The third-order valence-corrected chi connectivity index (χ3v) is 3.67. The molecule has 1 rings (SSSR count). The molecule has 0 fully saturated rings. The Morgan fingerprint density at radius 2 is 1.96 bits per heavy atom. The zero-order valence-electron chi connectivity index (χ0n) is 13.8. The topological polar surface area (TPSA) is 111 Å². The number of nitrogens with two attached hydrogens (primary N) is 1. The van der Waals surface area contributed by atoms with E-state index >= 15 is 0 Å². The number of ether oxygens (including phenoxy) is 1. The summed E-state index contributed by atoms with van der Waals surface area (Å²) in [5, 5.41) is 10.9. The SMILES string of the molecule is CC(C)(C)OC(=O)NCCCNCc1cccc(S(N)(=O)=O)c1. The summed E-state index contributed by atoms with van der Waals surface area (Å²) in [4.78, 5) is 11.5. The average molecular weight is 343 g/mol. The Morgan fingerprint density at radius 3 is 2.57 bits per heavy atom. The molecular formula is C15H25N3O4S. The third kappa shape index (κ3) is 8.53. The highest BCUT2D eigenvalue weighted by molar-refractivity contribution is 7.89. The van der Waals surface area contributed by atoms with Crippen LogP contribution in [0.4, 0.5) is 4.79 Å². The highest BCUT2D eigenvalue weighted by Gasteiger charge is 2.15. The zero-order valence-corrected chi connectivity index (χ0v) is 14.6. The molecule has 0 aromatic heterocycles. The molecule has 23 heavy (non-hydrogen) atoms. The maximum atomic E-state index is 11.4. The lowest BCUT2D eigenvalue weighted by Crippen LogP contribution is -2.33. The van der Waals surface area contributed by atoms with Gasteiger partial charge in [-0.25, -0.2) is 18.4 Å². The highest BCUT2D eigenvalue weighted by Crippen LogP contribution is 2.09. The van der Waals surface area contributed by atoms with Gasteiger partial charge in [-0.3, -0.25) is 0 Å². The summed E-state index contributed by atoms with van der Waals surface area (Å²) in [5.41, 5.74) is 0.327. The van der Waals surface area contributed by atoms with Gasteiger partial charge in [0, 0.05) is 13.1 Å². The van der Waals surface area contributed by atoms with Gasteiger partial charge < -0.3 is 15.4 Å². The number of carbonyl (C=O) groups is 1. The molecule has 1 amide bonds. The van der Waals surface area contributed by atoms with Gasteiger partial charge in [0.05, 0.1) is 4.90 Å². The van der Waals surface area contributed by atoms with Crippen LogP contribution in [0.15, 0.2) is 29.2 Å². The summed E-state index contributed by atoms with van der Waals surface area (Å²) in [6.45, 7) is 7.13. The molecule has 0 atom stereocenters. The fourth-order valence-electron chi connectivity index (χ4n) is 1.78. The Labute approximate surface area is 137 Å². The molecule has 0 saturated carbocycles. The molecule has 0 saturated heterocycles. The van der Waals surface area contributed by atoms with Gasteiger partial charge in [-0.05, 0) is 51.4 Å². The van der Waals surface area contributed by atoms with Gasteiger partial charge in [-0.1, -0.05) is 12.1 Å². The van der Waals surface area contributed by atoms with Crippen molar-refractivity contribution in [2.75, 3.05) is 13.1 Å². The van der Waals surface area contributed by atoms with Gasteiger partial charge in [0.15, 0.2) is 0 Å². The summed E-state index contributed by atoms with van der Waals surface area (Å²) in [5.74, 6) is 0. The predicted octanol–water partition coefficient (Wildman–Crippen LogP) is 1.34. The van der Waals surface area contributed by atoms with Crippen LogP contribution in [0.1, 0.15) is 32.8 Å². The zero-order chi connectivity index (χ0) is 17.5. The normalized spacial score (nSPS) is 12.0. The molecular weight excluding hydrogens is 318 g/mol. The Morgan fingerprint density at radius 1 is 1.26 bits per heavy atom. The number of nitrogens with one attached hydrogen (secondary N) is 2. The van der Waals surface area contributed by atoms with E-state index in [2.05, 4.69) is 10.6 Å². The molecule has 0 spiro atoms. The predicted molar refractivity (Wildman–Crippen MR) is 88.4 cm³/mol. The van der Waals surface area contributed by atoms with Crippen molar-refractivity contribution in [3.05, 3.63) is 29.8 Å². The molecule has 1 aromatic carbocycles. The minimum Gasteiger partial charge on any atom is -0.444 e. The second kappa shape index (κ2) is 8.28. The van der Waals surface area contributed by atoms with Crippen molar-refractivity contribution in [2.45, 2.75) is 44.2 Å². The van der Waals surface area contributed by atoms with E-state index in [1.54, 1.807) is 12.1 Å². The number of amides is 1. The van der Waals surface area contributed by atoms with Crippen LogP contribution in [0.3, 0.4) is 0 Å². The first-order valence-electron chi connectivity index (χ1n) is 7.37. The van der Waals surface area contributed by atoms with Crippen LogP contribution >= 0.6 is 0 Å². The van der Waals surface area contributed by atoms with Crippen LogP contribution in [0.25, 0.3) is 0 Å². The van der Waals surface area contributed by atoms with E-state index in [1.165, 1.54) is 6.07 Å². The Kier molecular flexibility index (Phi) is 6.99. The van der Waals surface area contributed by atoms with Crippen molar-refractivity contribution in [1.82, 2.24) is 10.6 Å². The number of carbonyl (C=O) groups excluding carboxylic acids is 1. The first-order chi connectivity index (χ1) is 10.6. The fourth-order valence-corrected chi connectivity index (χ4v) is 2.37. The number of primary sulfonamides is 1. The third-order valence-electron chi connectivity index (χ3n) is 2.75. The molecule has 1 aromatic rings. The van der Waals surface area contributed by atoms with Crippen LogP contribution in [0.2, 0.25) is 0 Å². The van der Waals surface area contributed by atoms with Crippen LogP contribution in [0, 0.1) is 0 Å². The van der Waals surface area contributed by atoms with Gasteiger partial charge in [0.25, 0.3) is 0 Å². The molecule has 0 aliphatic carbocycles. The number of sulfonamides is 1. The van der Waals surface area contributed by atoms with E-state index in [0.29, 0.717) is 19.6 Å². The maximum absolute atomic E-state index is 11.4. The summed E-state index contributed by atoms with van der Waals surface area (Å²) in [6, 6.07) is 6.48. The lowest BCUT2D eigenvalue weighted by atomic mass is 10.2. The molecule has 7 nitrogen and oxygen atoms in total. The lowest BCUT2D eigenvalue weighted by molar-refractivity contribution is 0.0527. The van der Waals surface area contributed by atoms with Crippen molar-refractivity contribution >= 4 is 16.1 Å². The van der Waals surface area contributed by atoms with Gasteiger partial charge in [0.1, 0.15) is 5.60 Å². The van der Waals surface area contributed by atoms with Crippen LogP contribution in [-0.4, -0.2) is 33.2 Å². The quantitative estimate of drug-likeness (QED) is 0.647. The summed E-state index contributed by atoms with van der Waals surface area (Å²) < 4.78 is 27.7. The molecule has 0 heterocycles. The number of hydrogen-bond donors (Lipinski definition) is 3. The van der Waals surface area contributed by atoms with E-state index in [-0.39, 0.29) is 4.90 Å². The van der Waals surface area contributed by atoms with Crippen molar-refractivity contribution in [3.63, 3.8) is 0 Å². The first kappa shape index (κ1) is 19.4. The maximum Gasteiger partial charge on any atom is 0.407 e. The van der Waals surface area contributed by atoms with E-state index in [4.69, 9.17) is 9.88 Å². The van der Waals surface area contributed by atoms with Gasteiger partial charge >= 0.3 is 6.09 Å². The first-order valence-corrected chi connectivity index (χ1v) is 8.92. The molecule has 0 radical (unpaired) electrons. The second-order valence-corrected chi connectivity index (χ2v) is 7.71. The van der Waals surface area contributed by atoms with Crippen LogP contribution in [0.5, 0.6) is 0 Å². The number of hydrogen-bond acceptors (Lipinski definition) is 5. The van der Waals surface area contributed by atoms with Gasteiger partial charge in [0.2, 0.25) is 10.0 Å². The van der Waals surface area contributed by atoms with Crippen molar-refractivity contribution < 1.29 is 17.9 Å². The van der Waals surface area contributed by atoms with Crippen molar-refractivity contribution in [3.8, 4) is 0 Å². The lowest BCUT2D eigenvalue weighted by Gasteiger charge is -2.19. The van der Waals surface area contributed by atoms with E-state index in [1.807, 2.05) is 26.8 Å². The molecule has 130 valence electrons. The van der Waals surface area contributed by atoms with Gasteiger partial charge in [-0.2, -0.15) is 0 Å². The monoisotopic (exact) mass is 343 g/mol. The summed E-state index contributed by atoms with van der Waals surface area (Å²) in [7, 11) is -3.68. The van der Waals surface area contributed by atoms with Crippen molar-refractivity contribution in [2.24, 2.45) is 5.14 Å². The number of rotatable bonds is 7. The van der Waals surface area contributed by atoms with Gasteiger partial charge in [-0.15, -0.1) is 0 Å². The molecule has 4 N–H and O–H groups in total. The molecule has 8 heteroatoms. The molecule has 0 bridgehead atoms. The van der Waals surface area contributed by atoms with Crippen molar-refractivity contribution in [1.29, 1.82) is 0 Å². The largest absolute Gasteiger partial charge is 0.444 e. The molecule has 0 unspecified atom stereocenters. The van der Waals surface area contributed by atoms with E-state index in [9.17, 15) is 13.2 Å². The minimum atomic E-state index is -3.68. The average Bonchev–Trinajstić information content (AvgIpc) is 2.40. The highest BCUT2D eigenvalue weighted by atomic mass is 32.2. The smallest absolute Gasteiger partial charge is 0.407 e. The van der Waals surface area contributed by atoms with Crippen LogP contribution in [-0.2, 0) is 21.3 Å². The standard InChI is InChI=1S/C15H25N3O4S/c1-15(2,3)22-14(19)18-9-5-8-17-11-12-6-4-7-13(10-12)23(16,20)21/h4,6-7,10,17H,5,8-9,11H2,1-3H3,(H,18,19)(H2,16,20,21). The Balaban J connectivity index is 2.25. The fraction of sp³-hybridized carbons (Fsp3) is 0.533. The van der Waals surface area contributed by atoms with Crippen LogP contribution < -0.4 is 15.8 Å². The summed E-state index contributed by atoms with van der Waals surface area (Å²) in [6.07, 6.45) is 0.298. The Hall–Kier alpha value is -1.64. The van der Waals surface area contributed by atoms with E-state index < -0.39 is 21.7 Å². The number of benzene rings is 1. The number of alkyl carbamates (subject to hydrolysis) is 1. The Bertz CT molecular complexity index is 624.